The SMILES string of the molecule is C=CCn1c(=O)nc(N(C)C)n(C)c1=O. The van der Waals surface area contributed by atoms with Crippen LogP contribution in [-0.4, -0.2) is 28.2 Å². The van der Waals surface area contributed by atoms with Crippen LogP contribution in [0.2, 0.25) is 0 Å². The van der Waals surface area contributed by atoms with Crippen LogP contribution in [0.4, 0.5) is 5.95 Å². The Morgan fingerprint density at radius 2 is 2.07 bits per heavy atom. The molecule has 1 rings (SSSR count). The summed E-state index contributed by atoms with van der Waals surface area (Å²) in [5.41, 5.74) is -0.944. The zero-order valence-electron chi connectivity index (χ0n) is 9.10. The van der Waals surface area contributed by atoms with Gasteiger partial charge in [0.05, 0.1) is 6.54 Å². The van der Waals surface area contributed by atoms with E-state index in [-0.39, 0.29) is 6.54 Å². The zero-order valence-corrected chi connectivity index (χ0v) is 9.10. The molecular formula is C9H14N4O2. The average molecular weight is 210 g/mol. The summed E-state index contributed by atoms with van der Waals surface area (Å²) in [7, 11) is 5.02. The van der Waals surface area contributed by atoms with E-state index in [1.165, 1.54) is 10.6 Å². The number of rotatable bonds is 3. The number of hydrogen-bond acceptors (Lipinski definition) is 4. The fourth-order valence-electron chi connectivity index (χ4n) is 1.25. The van der Waals surface area contributed by atoms with E-state index in [4.69, 9.17) is 0 Å². The number of hydrogen-bond donors (Lipinski definition) is 0. The van der Waals surface area contributed by atoms with E-state index in [1.54, 1.807) is 26.0 Å². The van der Waals surface area contributed by atoms with Crippen molar-refractivity contribution in [3.63, 3.8) is 0 Å². The van der Waals surface area contributed by atoms with Gasteiger partial charge in [-0.25, -0.2) is 14.2 Å². The maximum Gasteiger partial charge on any atom is 0.355 e. The molecule has 0 unspecified atom stereocenters. The van der Waals surface area contributed by atoms with Gasteiger partial charge in [0.25, 0.3) is 0 Å². The molecule has 0 saturated heterocycles. The standard InChI is InChI=1S/C9H14N4O2/c1-5-6-13-8(14)10-7(11(2)3)12(4)9(13)15/h5H,1,6H2,2-4H3. The molecule has 6 heteroatoms. The molecule has 0 amide bonds. The monoisotopic (exact) mass is 210 g/mol. The highest BCUT2D eigenvalue weighted by Crippen LogP contribution is 1.97. The molecule has 0 aliphatic rings. The Labute approximate surface area is 87.1 Å². The van der Waals surface area contributed by atoms with Gasteiger partial charge in [0.15, 0.2) is 0 Å². The van der Waals surface area contributed by atoms with Crippen molar-refractivity contribution in [3.05, 3.63) is 33.6 Å². The lowest BCUT2D eigenvalue weighted by Crippen LogP contribution is -2.42. The molecule has 0 aliphatic heterocycles. The van der Waals surface area contributed by atoms with E-state index in [0.29, 0.717) is 5.95 Å². The Bertz CT molecular complexity index is 484. The third kappa shape index (κ3) is 1.98. The highest BCUT2D eigenvalue weighted by atomic mass is 16.2. The first-order valence-electron chi connectivity index (χ1n) is 4.45. The molecular weight excluding hydrogens is 196 g/mol. The molecule has 6 nitrogen and oxygen atoms in total. The molecule has 0 spiro atoms. The van der Waals surface area contributed by atoms with Crippen molar-refractivity contribution < 1.29 is 0 Å². The number of anilines is 1. The first-order chi connectivity index (χ1) is 6.99. The summed E-state index contributed by atoms with van der Waals surface area (Å²) in [4.78, 5) is 28.6. The van der Waals surface area contributed by atoms with Crippen molar-refractivity contribution in [2.24, 2.45) is 7.05 Å². The summed E-state index contributed by atoms with van der Waals surface area (Å²) < 4.78 is 2.35. The molecule has 15 heavy (non-hydrogen) atoms. The third-order valence-electron chi connectivity index (χ3n) is 1.96. The molecule has 1 aromatic heterocycles. The predicted octanol–water partition coefficient (Wildman–Crippen LogP) is -0.806. The van der Waals surface area contributed by atoms with Gasteiger partial charge in [-0.2, -0.15) is 4.98 Å². The van der Waals surface area contributed by atoms with Crippen molar-refractivity contribution in [3.8, 4) is 0 Å². The van der Waals surface area contributed by atoms with Gasteiger partial charge < -0.3 is 4.90 Å². The first kappa shape index (κ1) is 11.2. The van der Waals surface area contributed by atoms with Crippen LogP contribution >= 0.6 is 0 Å². The van der Waals surface area contributed by atoms with Crippen molar-refractivity contribution in [2.45, 2.75) is 6.54 Å². The van der Waals surface area contributed by atoms with Crippen molar-refractivity contribution >= 4 is 5.95 Å². The van der Waals surface area contributed by atoms with Gasteiger partial charge in [-0.15, -0.1) is 6.58 Å². The summed E-state index contributed by atoms with van der Waals surface area (Å²) in [6, 6.07) is 0. The quantitative estimate of drug-likeness (QED) is 0.612. The molecule has 0 fully saturated rings. The third-order valence-corrected chi connectivity index (χ3v) is 1.96. The van der Waals surface area contributed by atoms with Crippen LogP contribution in [-0.2, 0) is 13.6 Å². The van der Waals surface area contributed by atoms with E-state index >= 15 is 0 Å². The highest BCUT2D eigenvalue weighted by molar-refractivity contribution is 5.25. The van der Waals surface area contributed by atoms with Crippen LogP contribution in [0.5, 0.6) is 0 Å². The summed E-state index contributed by atoms with van der Waals surface area (Å²) in [6.07, 6.45) is 1.49. The molecule has 1 aromatic rings. The van der Waals surface area contributed by atoms with Crippen LogP contribution in [0.1, 0.15) is 0 Å². The van der Waals surface area contributed by atoms with Crippen molar-refractivity contribution in [1.29, 1.82) is 0 Å². The van der Waals surface area contributed by atoms with E-state index in [9.17, 15) is 9.59 Å². The van der Waals surface area contributed by atoms with Crippen LogP contribution in [0.15, 0.2) is 22.2 Å². The zero-order chi connectivity index (χ0) is 11.6. The lowest BCUT2D eigenvalue weighted by Gasteiger charge is -2.15. The largest absolute Gasteiger partial charge is 0.355 e. The maximum absolute atomic E-state index is 11.7. The second-order valence-corrected chi connectivity index (χ2v) is 3.33. The number of nitrogens with zero attached hydrogens (tertiary/aromatic N) is 4. The normalized spacial score (nSPS) is 10.1. The van der Waals surface area contributed by atoms with Crippen LogP contribution in [0.25, 0.3) is 0 Å². The van der Waals surface area contributed by atoms with E-state index < -0.39 is 11.4 Å². The van der Waals surface area contributed by atoms with Gasteiger partial charge in [-0.1, -0.05) is 6.08 Å². The van der Waals surface area contributed by atoms with Crippen LogP contribution in [0, 0.1) is 0 Å². The molecule has 0 radical (unpaired) electrons. The van der Waals surface area contributed by atoms with E-state index in [2.05, 4.69) is 11.6 Å². The Hall–Kier alpha value is -1.85. The fourth-order valence-corrected chi connectivity index (χ4v) is 1.25. The van der Waals surface area contributed by atoms with Gasteiger partial charge in [0.1, 0.15) is 0 Å². The molecule has 1 heterocycles. The summed E-state index contributed by atoms with van der Waals surface area (Å²) in [5.74, 6) is 0.338. The molecule has 0 saturated carbocycles. The minimum atomic E-state index is -0.554. The van der Waals surface area contributed by atoms with Gasteiger partial charge >= 0.3 is 11.4 Å². The second-order valence-electron chi connectivity index (χ2n) is 3.33. The molecule has 82 valence electrons. The van der Waals surface area contributed by atoms with Crippen molar-refractivity contribution in [2.75, 3.05) is 19.0 Å². The summed E-state index contributed by atoms with van der Waals surface area (Å²) in [6.45, 7) is 3.65. The Kier molecular flexibility index (Phi) is 3.08. The lowest BCUT2D eigenvalue weighted by atomic mass is 10.6. The maximum atomic E-state index is 11.7. The topological polar surface area (TPSA) is 60.1 Å². The number of allylic oxidation sites excluding steroid dienone is 1. The van der Waals surface area contributed by atoms with Crippen molar-refractivity contribution in [1.82, 2.24) is 14.1 Å². The van der Waals surface area contributed by atoms with Gasteiger partial charge in [0.2, 0.25) is 5.95 Å². The van der Waals surface area contributed by atoms with E-state index in [0.717, 1.165) is 4.57 Å². The Morgan fingerprint density at radius 3 is 2.53 bits per heavy atom. The Morgan fingerprint density at radius 1 is 1.47 bits per heavy atom. The van der Waals surface area contributed by atoms with Crippen LogP contribution in [0.3, 0.4) is 0 Å². The first-order valence-corrected chi connectivity index (χ1v) is 4.45. The Balaban J connectivity index is 3.51. The van der Waals surface area contributed by atoms with Gasteiger partial charge in [-0.3, -0.25) is 4.57 Å². The molecule has 0 bridgehead atoms. The molecule has 0 aliphatic carbocycles. The number of aromatic nitrogens is 3. The average Bonchev–Trinajstić information content (AvgIpc) is 2.18. The molecule has 0 atom stereocenters. The smallest absolute Gasteiger partial charge is 0.348 e. The fraction of sp³-hybridized carbons (Fsp3) is 0.444. The highest BCUT2D eigenvalue weighted by Gasteiger charge is 2.09. The molecule has 0 N–H and O–H groups in total. The van der Waals surface area contributed by atoms with E-state index in [1.807, 2.05) is 0 Å². The van der Waals surface area contributed by atoms with Gasteiger partial charge in [-0.05, 0) is 0 Å². The van der Waals surface area contributed by atoms with Gasteiger partial charge in [0, 0.05) is 21.1 Å². The summed E-state index contributed by atoms with van der Waals surface area (Å²) >= 11 is 0. The lowest BCUT2D eigenvalue weighted by molar-refractivity contribution is 0.610. The minimum absolute atomic E-state index is 0.173. The summed E-state index contributed by atoms with van der Waals surface area (Å²) in [5, 5.41) is 0. The second kappa shape index (κ2) is 4.12. The van der Waals surface area contributed by atoms with Crippen LogP contribution < -0.4 is 16.3 Å². The predicted molar refractivity (Wildman–Crippen MR) is 58.3 cm³/mol. The molecule has 0 aromatic carbocycles. The minimum Gasteiger partial charge on any atom is -0.348 e.